The van der Waals surface area contributed by atoms with Gasteiger partial charge in [0, 0.05) is 29.4 Å². The summed E-state index contributed by atoms with van der Waals surface area (Å²) in [5, 5.41) is 16.8. The Morgan fingerprint density at radius 3 is 2.78 bits per heavy atom. The predicted octanol–water partition coefficient (Wildman–Crippen LogP) is 2.45. The Labute approximate surface area is 138 Å². The first kappa shape index (κ1) is 16.0. The number of carbonyl (C=O) groups excluding carboxylic acids is 1. The number of carbonyl (C=O) groups is 1. The molecule has 1 aliphatic rings. The standard InChI is InChI=1S/C16H17ClFN3O2/c1-21-8-11(7-19-21)15(9-4-14(22)5-9)20-16(23)10-2-12(17)6-13(18)3-10/h2-3,6-9,14-15,22H,4-5H2,1H3,(H,20,23)/t9?,14?,15-/m1/s1. The molecule has 0 bridgehead atoms. The van der Waals surface area contributed by atoms with Gasteiger partial charge in [-0.05, 0) is 37.0 Å². The van der Waals surface area contributed by atoms with Crippen molar-refractivity contribution in [2.45, 2.75) is 25.0 Å². The highest BCUT2D eigenvalue weighted by atomic mass is 35.5. The zero-order valence-corrected chi connectivity index (χ0v) is 13.3. The Kier molecular flexibility index (Phi) is 4.37. The van der Waals surface area contributed by atoms with E-state index in [1.807, 2.05) is 6.20 Å². The van der Waals surface area contributed by atoms with Crippen molar-refractivity contribution in [2.75, 3.05) is 0 Å². The lowest BCUT2D eigenvalue weighted by Crippen LogP contribution is -2.41. The van der Waals surface area contributed by atoms with Crippen molar-refractivity contribution < 1.29 is 14.3 Å². The van der Waals surface area contributed by atoms with Gasteiger partial charge in [-0.15, -0.1) is 0 Å². The first-order valence-corrected chi connectivity index (χ1v) is 7.73. The van der Waals surface area contributed by atoms with Gasteiger partial charge >= 0.3 is 0 Å². The van der Waals surface area contributed by atoms with E-state index in [9.17, 15) is 14.3 Å². The molecule has 1 aromatic heterocycles. The van der Waals surface area contributed by atoms with Gasteiger partial charge in [0.05, 0.1) is 18.3 Å². The van der Waals surface area contributed by atoms with Gasteiger partial charge in [-0.25, -0.2) is 4.39 Å². The number of halogens is 2. The number of amides is 1. The Morgan fingerprint density at radius 1 is 1.48 bits per heavy atom. The number of aliphatic hydroxyl groups excluding tert-OH is 1. The largest absolute Gasteiger partial charge is 0.393 e. The quantitative estimate of drug-likeness (QED) is 0.900. The molecule has 3 rings (SSSR count). The van der Waals surface area contributed by atoms with E-state index in [4.69, 9.17) is 11.6 Å². The lowest BCUT2D eigenvalue weighted by molar-refractivity contribution is 0.0235. The fourth-order valence-corrected chi connectivity index (χ4v) is 3.11. The van der Waals surface area contributed by atoms with Gasteiger partial charge in [0.25, 0.3) is 5.91 Å². The molecule has 0 radical (unpaired) electrons. The highest BCUT2D eigenvalue weighted by Gasteiger charge is 2.36. The van der Waals surface area contributed by atoms with Gasteiger partial charge in [0.1, 0.15) is 5.82 Å². The second kappa shape index (κ2) is 6.29. The van der Waals surface area contributed by atoms with E-state index in [0.717, 1.165) is 17.7 Å². The van der Waals surface area contributed by atoms with Crippen LogP contribution in [0.4, 0.5) is 4.39 Å². The van der Waals surface area contributed by atoms with Crippen molar-refractivity contribution >= 4 is 17.5 Å². The molecule has 7 heteroatoms. The molecule has 2 N–H and O–H groups in total. The lowest BCUT2D eigenvalue weighted by Gasteiger charge is -2.37. The fraction of sp³-hybridized carbons (Fsp3) is 0.375. The fourth-order valence-electron chi connectivity index (χ4n) is 2.89. The molecule has 2 aromatic rings. The zero-order valence-electron chi connectivity index (χ0n) is 12.5. The van der Waals surface area contributed by atoms with Crippen LogP contribution in [-0.2, 0) is 7.05 Å². The van der Waals surface area contributed by atoms with Gasteiger partial charge < -0.3 is 10.4 Å². The Bertz CT molecular complexity index is 708. The summed E-state index contributed by atoms with van der Waals surface area (Å²) in [5.74, 6) is -0.830. The normalized spacial score (nSPS) is 21.6. The molecule has 1 heterocycles. The van der Waals surface area contributed by atoms with Crippen LogP contribution in [0.2, 0.25) is 5.02 Å². The van der Waals surface area contributed by atoms with Crippen molar-refractivity contribution in [3.63, 3.8) is 0 Å². The van der Waals surface area contributed by atoms with E-state index in [1.54, 1.807) is 17.9 Å². The molecule has 0 saturated heterocycles. The molecule has 5 nitrogen and oxygen atoms in total. The van der Waals surface area contributed by atoms with Crippen molar-refractivity contribution in [3.05, 3.63) is 52.6 Å². The number of aryl methyl sites for hydroxylation is 1. The molecule has 1 fully saturated rings. The number of nitrogens with one attached hydrogen (secondary N) is 1. The molecular formula is C16H17ClFN3O2. The summed E-state index contributed by atoms with van der Waals surface area (Å²) in [4.78, 5) is 12.4. The minimum absolute atomic E-state index is 0.127. The Morgan fingerprint density at radius 2 is 2.22 bits per heavy atom. The molecule has 0 spiro atoms. The van der Waals surface area contributed by atoms with Crippen LogP contribution >= 0.6 is 11.6 Å². The Hall–Kier alpha value is -1.92. The van der Waals surface area contributed by atoms with Crippen LogP contribution in [0.15, 0.2) is 30.6 Å². The van der Waals surface area contributed by atoms with E-state index in [2.05, 4.69) is 10.4 Å². The van der Waals surface area contributed by atoms with E-state index in [1.165, 1.54) is 6.07 Å². The average molecular weight is 338 g/mol. The van der Waals surface area contributed by atoms with Crippen LogP contribution in [0.3, 0.4) is 0 Å². The van der Waals surface area contributed by atoms with Crippen molar-refractivity contribution in [1.82, 2.24) is 15.1 Å². The first-order chi connectivity index (χ1) is 10.9. The van der Waals surface area contributed by atoms with Gasteiger partial charge in [-0.3, -0.25) is 9.48 Å². The number of benzene rings is 1. The molecule has 1 aliphatic carbocycles. The van der Waals surface area contributed by atoms with Gasteiger partial charge in [0.15, 0.2) is 0 Å². The van der Waals surface area contributed by atoms with Crippen LogP contribution in [-0.4, -0.2) is 26.9 Å². The summed E-state index contributed by atoms with van der Waals surface area (Å²) in [6, 6.07) is 3.45. The number of hydrogen-bond acceptors (Lipinski definition) is 3. The second-order valence-corrected chi connectivity index (χ2v) is 6.38. The summed E-state index contributed by atoms with van der Waals surface area (Å²) < 4.78 is 15.1. The minimum atomic E-state index is -0.556. The third kappa shape index (κ3) is 3.54. The molecule has 1 atom stereocenters. The predicted molar refractivity (Wildman–Crippen MR) is 83.6 cm³/mol. The van der Waals surface area contributed by atoms with Crippen LogP contribution in [0.25, 0.3) is 0 Å². The molecule has 0 aliphatic heterocycles. The topological polar surface area (TPSA) is 67.2 Å². The highest BCUT2D eigenvalue weighted by molar-refractivity contribution is 6.31. The summed E-state index contributed by atoms with van der Waals surface area (Å²) in [6.45, 7) is 0. The number of aliphatic hydroxyl groups is 1. The number of rotatable bonds is 4. The van der Waals surface area contributed by atoms with E-state index in [-0.39, 0.29) is 28.6 Å². The van der Waals surface area contributed by atoms with E-state index < -0.39 is 11.7 Å². The van der Waals surface area contributed by atoms with E-state index in [0.29, 0.717) is 12.8 Å². The molecule has 1 saturated carbocycles. The summed E-state index contributed by atoms with van der Waals surface area (Å²) in [7, 11) is 1.80. The van der Waals surface area contributed by atoms with Crippen molar-refractivity contribution in [2.24, 2.45) is 13.0 Å². The van der Waals surface area contributed by atoms with Crippen LogP contribution in [0, 0.1) is 11.7 Å². The molecule has 1 aromatic carbocycles. The SMILES string of the molecule is Cn1cc([C@H](NC(=O)c2cc(F)cc(Cl)c2)C2CC(O)C2)cn1. The van der Waals surface area contributed by atoms with Crippen LogP contribution in [0.5, 0.6) is 0 Å². The maximum absolute atomic E-state index is 13.4. The second-order valence-electron chi connectivity index (χ2n) is 5.94. The maximum atomic E-state index is 13.4. The summed E-state index contributed by atoms with van der Waals surface area (Å²) in [6.07, 6.45) is 4.41. The number of nitrogens with zero attached hydrogens (tertiary/aromatic N) is 2. The average Bonchev–Trinajstić information content (AvgIpc) is 2.87. The van der Waals surface area contributed by atoms with Crippen molar-refractivity contribution in [1.29, 1.82) is 0 Å². The third-order valence-corrected chi connectivity index (χ3v) is 4.33. The number of hydrogen-bond donors (Lipinski definition) is 2. The van der Waals surface area contributed by atoms with Gasteiger partial charge in [-0.2, -0.15) is 5.10 Å². The van der Waals surface area contributed by atoms with Gasteiger partial charge in [0.2, 0.25) is 0 Å². The first-order valence-electron chi connectivity index (χ1n) is 7.36. The molecule has 1 amide bonds. The summed E-state index contributed by atoms with van der Waals surface area (Å²) in [5.41, 5.74) is 1.03. The zero-order chi connectivity index (χ0) is 16.6. The Balaban J connectivity index is 1.81. The highest BCUT2D eigenvalue weighted by Crippen LogP contribution is 2.38. The molecule has 122 valence electrons. The van der Waals surface area contributed by atoms with Crippen LogP contribution < -0.4 is 5.32 Å². The van der Waals surface area contributed by atoms with Crippen LogP contribution in [0.1, 0.15) is 34.8 Å². The molecule has 23 heavy (non-hydrogen) atoms. The molecule has 0 unspecified atom stereocenters. The lowest BCUT2D eigenvalue weighted by atomic mass is 9.75. The smallest absolute Gasteiger partial charge is 0.251 e. The minimum Gasteiger partial charge on any atom is -0.393 e. The van der Waals surface area contributed by atoms with Gasteiger partial charge in [-0.1, -0.05) is 11.6 Å². The van der Waals surface area contributed by atoms with E-state index >= 15 is 0 Å². The maximum Gasteiger partial charge on any atom is 0.251 e. The van der Waals surface area contributed by atoms with Crippen molar-refractivity contribution in [3.8, 4) is 0 Å². The molecular weight excluding hydrogens is 321 g/mol. The monoisotopic (exact) mass is 337 g/mol. The number of aromatic nitrogens is 2. The third-order valence-electron chi connectivity index (χ3n) is 4.12. The summed E-state index contributed by atoms with van der Waals surface area (Å²) >= 11 is 5.80.